The second kappa shape index (κ2) is 24.1. The molecule has 1 rings (SSSR count). The Morgan fingerprint density at radius 3 is 1.00 bits per heavy atom. The fraction of sp³-hybridized carbons (Fsp3) is 0.812. The van der Waals surface area contributed by atoms with Crippen molar-refractivity contribution in [2.45, 2.75) is 155 Å². The minimum Gasteiger partial charge on any atom is -0.489 e. The molecule has 0 unspecified atom stereocenters. The SMILES string of the molecule is CCCCCCCCCCCCOc1c(CO)ccc(CO)c1OCCCCCCCCCCCC. The molecule has 0 aliphatic heterocycles. The van der Waals surface area contributed by atoms with Gasteiger partial charge in [0.2, 0.25) is 0 Å². The Kier molecular flexibility index (Phi) is 21.9. The van der Waals surface area contributed by atoms with Gasteiger partial charge in [0.15, 0.2) is 11.5 Å². The average molecular weight is 507 g/mol. The maximum absolute atomic E-state index is 9.85. The van der Waals surface area contributed by atoms with E-state index in [0.717, 1.165) is 36.8 Å². The van der Waals surface area contributed by atoms with Crippen LogP contribution in [0.25, 0.3) is 0 Å². The highest BCUT2D eigenvalue weighted by Gasteiger charge is 2.16. The first-order chi connectivity index (χ1) is 17.8. The third kappa shape index (κ3) is 15.8. The zero-order valence-electron chi connectivity index (χ0n) is 23.8. The molecule has 0 aromatic heterocycles. The number of aliphatic hydroxyl groups is 2. The Labute approximate surface area is 223 Å². The second-order valence-corrected chi connectivity index (χ2v) is 10.4. The van der Waals surface area contributed by atoms with Gasteiger partial charge in [-0.15, -0.1) is 0 Å². The van der Waals surface area contributed by atoms with Gasteiger partial charge >= 0.3 is 0 Å². The Morgan fingerprint density at radius 1 is 0.444 bits per heavy atom. The number of aliphatic hydroxyl groups excluding tert-OH is 2. The fourth-order valence-corrected chi connectivity index (χ4v) is 4.74. The molecule has 4 nitrogen and oxygen atoms in total. The van der Waals surface area contributed by atoms with Gasteiger partial charge in [0.25, 0.3) is 0 Å². The number of ether oxygens (including phenoxy) is 2. The highest BCUT2D eigenvalue weighted by molar-refractivity contribution is 5.51. The van der Waals surface area contributed by atoms with Gasteiger partial charge in [0.1, 0.15) is 0 Å². The lowest BCUT2D eigenvalue weighted by Crippen LogP contribution is -2.07. The number of rotatable bonds is 26. The van der Waals surface area contributed by atoms with Crippen molar-refractivity contribution in [3.05, 3.63) is 23.3 Å². The van der Waals surface area contributed by atoms with Crippen LogP contribution in [0.4, 0.5) is 0 Å². The summed E-state index contributed by atoms with van der Waals surface area (Å²) in [6, 6.07) is 3.68. The highest BCUT2D eigenvalue weighted by Crippen LogP contribution is 2.36. The molecule has 0 aliphatic carbocycles. The van der Waals surface area contributed by atoms with E-state index in [9.17, 15) is 10.2 Å². The summed E-state index contributed by atoms with van der Waals surface area (Å²) >= 11 is 0. The van der Waals surface area contributed by atoms with Crippen LogP contribution in [0.5, 0.6) is 11.5 Å². The van der Waals surface area contributed by atoms with E-state index >= 15 is 0 Å². The molecule has 1 aromatic carbocycles. The molecule has 0 atom stereocenters. The second-order valence-electron chi connectivity index (χ2n) is 10.4. The monoisotopic (exact) mass is 506 g/mol. The Morgan fingerprint density at radius 2 is 0.722 bits per heavy atom. The van der Waals surface area contributed by atoms with Gasteiger partial charge in [-0.25, -0.2) is 0 Å². The number of unbranched alkanes of at least 4 members (excludes halogenated alkanes) is 18. The van der Waals surface area contributed by atoms with Gasteiger partial charge in [-0.3, -0.25) is 0 Å². The maximum atomic E-state index is 9.85. The summed E-state index contributed by atoms with van der Waals surface area (Å²) in [5.41, 5.74) is 1.47. The predicted octanol–water partition coefficient (Wildman–Crippen LogP) is 9.27. The van der Waals surface area contributed by atoms with Gasteiger partial charge < -0.3 is 19.7 Å². The highest BCUT2D eigenvalue weighted by atomic mass is 16.5. The summed E-state index contributed by atoms with van der Waals surface area (Å²) < 4.78 is 12.3. The normalized spacial score (nSPS) is 11.2. The van der Waals surface area contributed by atoms with E-state index in [2.05, 4.69) is 13.8 Å². The van der Waals surface area contributed by atoms with Gasteiger partial charge in [-0.2, -0.15) is 0 Å². The van der Waals surface area contributed by atoms with Crippen LogP contribution in [0.15, 0.2) is 12.1 Å². The molecule has 2 N–H and O–H groups in total. The molecule has 0 saturated carbocycles. The van der Waals surface area contributed by atoms with E-state index < -0.39 is 0 Å². The van der Waals surface area contributed by atoms with Crippen LogP contribution >= 0.6 is 0 Å². The molecule has 0 radical (unpaired) electrons. The minimum atomic E-state index is -0.0896. The number of benzene rings is 1. The van der Waals surface area contributed by atoms with Crippen molar-refractivity contribution >= 4 is 0 Å². The van der Waals surface area contributed by atoms with E-state index in [4.69, 9.17) is 9.47 Å². The summed E-state index contributed by atoms with van der Waals surface area (Å²) in [6.45, 7) is 5.58. The first-order valence-electron chi connectivity index (χ1n) is 15.4. The topological polar surface area (TPSA) is 58.9 Å². The molecule has 210 valence electrons. The zero-order chi connectivity index (χ0) is 26.1. The van der Waals surface area contributed by atoms with E-state index in [-0.39, 0.29) is 13.2 Å². The van der Waals surface area contributed by atoms with Crippen molar-refractivity contribution in [1.29, 1.82) is 0 Å². The molecule has 4 heteroatoms. The predicted molar refractivity (Wildman–Crippen MR) is 153 cm³/mol. The fourth-order valence-electron chi connectivity index (χ4n) is 4.74. The van der Waals surface area contributed by atoms with E-state index in [1.807, 2.05) is 12.1 Å². The summed E-state index contributed by atoms with van der Waals surface area (Å²) in [4.78, 5) is 0. The zero-order valence-corrected chi connectivity index (χ0v) is 23.8. The summed E-state index contributed by atoms with van der Waals surface area (Å²) in [5, 5.41) is 19.7. The lowest BCUT2D eigenvalue weighted by molar-refractivity contribution is 0.228. The lowest BCUT2D eigenvalue weighted by atomic mass is 10.1. The number of hydrogen-bond donors (Lipinski definition) is 2. The van der Waals surface area contributed by atoms with Crippen LogP contribution in [-0.2, 0) is 13.2 Å². The van der Waals surface area contributed by atoms with Crippen LogP contribution < -0.4 is 9.47 Å². The standard InChI is InChI=1S/C32H58O4/c1-3-5-7-9-11-13-15-17-19-21-25-35-31-29(27-33)23-24-30(28-34)32(31)36-26-22-20-18-16-14-12-10-8-6-4-2/h23-24,33-34H,3-22,25-28H2,1-2H3. The first kappa shape index (κ1) is 32.8. The molecule has 36 heavy (non-hydrogen) atoms. The molecule has 0 heterocycles. The Bertz CT molecular complexity index is 563. The van der Waals surface area contributed by atoms with Crippen LogP contribution in [0.3, 0.4) is 0 Å². The van der Waals surface area contributed by atoms with Crippen molar-refractivity contribution in [3.8, 4) is 11.5 Å². The lowest BCUT2D eigenvalue weighted by Gasteiger charge is -2.18. The molecule has 0 bridgehead atoms. The van der Waals surface area contributed by atoms with Crippen molar-refractivity contribution in [2.75, 3.05) is 13.2 Å². The molecule has 0 spiro atoms. The third-order valence-corrected chi connectivity index (χ3v) is 7.10. The molecule has 1 aromatic rings. The molecular formula is C32H58O4. The van der Waals surface area contributed by atoms with Crippen molar-refractivity contribution < 1.29 is 19.7 Å². The molecule has 0 amide bonds. The molecular weight excluding hydrogens is 448 g/mol. The third-order valence-electron chi connectivity index (χ3n) is 7.10. The largest absolute Gasteiger partial charge is 0.489 e. The quantitative estimate of drug-likeness (QED) is 0.123. The Balaban J connectivity index is 2.32. The van der Waals surface area contributed by atoms with Crippen LogP contribution in [0.1, 0.15) is 153 Å². The molecule has 0 saturated heterocycles. The molecule has 0 fully saturated rings. The Hall–Kier alpha value is -1.26. The van der Waals surface area contributed by atoms with E-state index in [0.29, 0.717) is 24.7 Å². The smallest absolute Gasteiger partial charge is 0.167 e. The average Bonchev–Trinajstić information content (AvgIpc) is 2.90. The summed E-state index contributed by atoms with van der Waals surface area (Å²) in [7, 11) is 0. The van der Waals surface area contributed by atoms with Crippen LogP contribution in [-0.4, -0.2) is 23.4 Å². The molecule has 0 aliphatic rings. The first-order valence-corrected chi connectivity index (χ1v) is 15.4. The maximum Gasteiger partial charge on any atom is 0.167 e. The summed E-state index contributed by atoms with van der Waals surface area (Å²) in [5.74, 6) is 1.24. The minimum absolute atomic E-state index is 0.0896. The van der Waals surface area contributed by atoms with Crippen LogP contribution in [0.2, 0.25) is 0 Å². The van der Waals surface area contributed by atoms with Gasteiger partial charge in [0.05, 0.1) is 26.4 Å². The van der Waals surface area contributed by atoms with E-state index in [1.165, 1.54) is 103 Å². The van der Waals surface area contributed by atoms with Crippen molar-refractivity contribution in [1.82, 2.24) is 0 Å². The number of hydrogen-bond acceptors (Lipinski definition) is 4. The van der Waals surface area contributed by atoms with Gasteiger partial charge in [-0.1, -0.05) is 142 Å². The van der Waals surface area contributed by atoms with Crippen molar-refractivity contribution in [3.63, 3.8) is 0 Å². The van der Waals surface area contributed by atoms with E-state index in [1.54, 1.807) is 0 Å². The van der Waals surface area contributed by atoms with Gasteiger partial charge in [-0.05, 0) is 12.8 Å². The van der Waals surface area contributed by atoms with Gasteiger partial charge in [0, 0.05) is 11.1 Å². The summed E-state index contributed by atoms with van der Waals surface area (Å²) in [6.07, 6.45) is 25.8. The van der Waals surface area contributed by atoms with Crippen LogP contribution in [0, 0.1) is 0 Å². The van der Waals surface area contributed by atoms with Crippen molar-refractivity contribution in [2.24, 2.45) is 0 Å².